The monoisotopic (exact) mass is 427 g/mol. The summed E-state index contributed by atoms with van der Waals surface area (Å²) in [5.41, 5.74) is 3.64. The van der Waals surface area contributed by atoms with Gasteiger partial charge in [-0.05, 0) is 83.9 Å². The van der Waals surface area contributed by atoms with Crippen molar-refractivity contribution >= 4 is 0 Å². The second-order valence-electron chi connectivity index (χ2n) is 7.32. The van der Waals surface area contributed by atoms with Crippen LogP contribution in [-0.2, 0) is 13.7 Å². The molecule has 3 aromatic carbocycles. The van der Waals surface area contributed by atoms with Gasteiger partial charge in [0.1, 0.15) is 23.9 Å². The van der Waals surface area contributed by atoms with Crippen molar-refractivity contribution in [2.24, 2.45) is 7.05 Å². The zero-order chi connectivity index (χ0) is 22.7. The number of nitrogens with zero attached hydrogens (tertiary/aromatic N) is 5. The van der Waals surface area contributed by atoms with Crippen LogP contribution in [-0.4, -0.2) is 19.8 Å². The number of tetrazole rings is 1. The average Bonchev–Trinajstić information content (AvgIpc) is 3.12. The molecular formula is C24H21N5O3. The number of nitriles is 1. The molecule has 0 aliphatic heterocycles. The van der Waals surface area contributed by atoms with Crippen molar-refractivity contribution in [2.75, 3.05) is 0 Å². The third-order valence-corrected chi connectivity index (χ3v) is 5.07. The van der Waals surface area contributed by atoms with Crippen LogP contribution in [0.15, 0.2) is 65.5 Å². The third kappa shape index (κ3) is 4.23. The molecule has 0 aliphatic rings. The predicted molar refractivity (Wildman–Crippen MR) is 118 cm³/mol. The summed E-state index contributed by atoms with van der Waals surface area (Å²) in [4.78, 5) is 12.3. The smallest absolute Gasteiger partial charge is 0.368 e. The number of aryl methyl sites for hydroxylation is 3. The van der Waals surface area contributed by atoms with E-state index in [-0.39, 0.29) is 12.3 Å². The molecule has 0 aliphatic carbocycles. The zero-order valence-electron chi connectivity index (χ0n) is 17.9. The Balaban J connectivity index is 1.53. The van der Waals surface area contributed by atoms with Gasteiger partial charge in [-0.25, -0.2) is 4.79 Å². The van der Waals surface area contributed by atoms with E-state index in [2.05, 4.69) is 16.5 Å². The van der Waals surface area contributed by atoms with Crippen molar-refractivity contribution in [1.82, 2.24) is 19.8 Å². The Morgan fingerprint density at radius 3 is 2.38 bits per heavy atom. The summed E-state index contributed by atoms with van der Waals surface area (Å²) < 4.78 is 14.4. The fraction of sp³-hybridized carbons (Fsp3) is 0.167. The maximum Gasteiger partial charge on any atom is 0.368 e. The summed E-state index contributed by atoms with van der Waals surface area (Å²) in [5.74, 6) is 2.02. The molecule has 8 nitrogen and oxygen atoms in total. The lowest BCUT2D eigenvalue weighted by Crippen LogP contribution is -2.23. The molecule has 4 aromatic rings. The van der Waals surface area contributed by atoms with Gasteiger partial charge in [0.25, 0.3) is 0 Å². The van der Waals surface area contributed by atoms with Gasteiger partial charge in [0, 0.05) is 12.6 Å². The van der Waals surface area contributed by atoms with Gasteiger partial charge in [0.15, 0.2) is 0 Å². The standard InChI is InChI=1S/C24H21N5O3/c1-16-5-4-6-22(29-24(30)28(3)26-27-29)21(16)15-31-23-12-11-20(13-17(23)2)32-19-9-7-18(14-25)8-10-19/h4-13H,15H2,1-3H3. The lowest BCUT2D eigenvalue weighted by atomic mass is 10.1. The average molecular weight is 427 g/mol. The molecule has 1 heterocycles. The maximum atomic E-state index is 12.3. The van der Waals surface area contributed by atoms with Crippen LogP contribution in [0.1, 0.15) is 22.3 Å². The lowest BCUT2D eigenvalue weighted by molar-refractivity contribution is 0.302. The summed E-state index contributed by atoms with van der Waals surface area (Å²) in [5, 5.41) is 16.6. The van der Waals surface area contributed by atoms with E-state index in [4.69, 9.17) is 14.7 Å². The van der Waals surface area contributed by atoms with E-state index in [1.165, 1.54) is 9.36 Å². The highest BCUT2D eigenvalue weighted by Crippen LogP contribution is 2.29. The molecule has 0 spiro atoms. The van der Waals surface area contributed by atoms with Crippen LogP contribution in [0.5, 0.6) is 17.2 Å². The van der Waals surface area contributed by atoms with Crippen molar-refractivity contribution in [1.29, 1.82) is 5.26 Å². The molecule has 0 saturated heterocycles. The third-order valence-electron chi connectivity index (χ3n) is 5.07. The number of rotatable bonds is 6. The minimum atomic E-state index is -0.322. The van der Waals surface area contributed by atoms with Gasteiger partial charge in [-0.2, -0.15) is 14.6 Å². The molecule has 0 amide bonds. The van der Waals surface area contributed by atoms with E-state index in [1.807, 2.05) is 50.2 Å². The van der Waals surface area contributed by atoms with Crippen LogP contribution in [0, 0.1) is 25.2 Å². The second kappa shape index (κ2) is 8.78. The van der Waals surface area contributed by atoms with E-state index < -0.39 is 0 Å². The van der Waals surface area contributed by atoms with Crippen molar-refractivity contribution in [3.05, 3.63) is 93.4 Å². The van der Waals surface area contributed by atoms with Gasteiger partial charge in [-0.1, -0.05) is 12.1 Å². The number of hydrogen-bond donors (Lipinski definition) is 0. The topological polar surface area (TPSA) is 95.0 Å². The van der Waals surface area contributed by atoms with Crippen molar-refractivity contribution in [3.63, 3.8) is 0 Å². The summed E-state index contributed by atoms with van der Waals surface area (Å²) in [6, 6.07) is 20.2. The number of hydrogen-bond acceptors (Lipinski definition) is 6. The van der Waals surface area contributed by atoms with E-state index in [1.54, 1.807) is 31.3 Å². The fourth-order valence-corrected chi connectivity index (χ4v) is 3.27. The number of ether oxygens (including phenoxy) is 2. The Morgan fingerprint density at radius 1 is 0.969 bits per heavy atom. The van der Waals surface area contributed by atoms with Crippen LogP contribution in [0.4, 0.5) is 0 Å². The van der Waals surface area contributed by atoms with Crippen LogP contribution < -0.4 is 15.2 Å². The molecule has 8 heteroatoms. The molecule has 32 heavy (non-hydrogen) atoms. The van der Waals surface area contributed by atoms with Gasteiger partial charge in [-0.3, -0.25) is 0 Å². The summed E-state index contributed by atoms with van der Waals surface area (Å²) in [6.45, 7) is 4.17. The van der Waals surface area contributed by atoms with Crippen molar-refractivity contribution < 1.29 is 9.47 Å². The summed E-state index contributed by atoms with van der Waals surface area (Å²) in [7, 11) is 1.56. The molecule has 0 radical (unpaired) electrons. The lowest BCUT2D eigenvalue weighted by Gasteiger charge is -2.15. The first-order valence-corrected chi connectivity index (χ1v) is 9.95. The largest absolute Gasteiger partial charge is 0.489 e. The Bertz CT molecular complexity index is 1360. The molecule has 1 aromatic heterocycles. The SMILES string of the molecule is Cc1cc(Oc2ccc(C#N)cc2)ccc1OCc1c(C)cccc1-n1nnn(C)c1=O. The normalized spacial score (nSPS) is 10.6. The van der Waals surface area contributed by atoms with E-state index in [0.29, 0.717) is 28.5 Å². The second-order valence-corrected chi connectivity index (χ2v) is 7.32. The van der Waals surface area contributed by atoms with Gasteiger partial charge in [0.2, 0.25) is 0 Å². The molecule has 0 atom stereocenters. The van der Waals surface area contributed by atoms with Crippen LogP contribution in [0.25, 0.3) is 5.69 Å². The first-order valence-electron chi connectivity index (χ1n) is 9.95. The zero-order valence-corrected chi connectivity index (χ0v) is 17.9. The van der Waals surface area contributed by atoms with Crippen LogP contribution in [0.3, 0.4) is 0 Å². The molecule has 4 rings (SSSR count). The van der Waals surface area contributed by atoms with Gasteiger partial charge in [0.05, 0.1) is 17.3 Å². The number of aromatic nitrogens is 4. The highest BCUT2D eigenvalue weighted by atomic mass is 16.5. The molecular weight excluding hydrogens is 406 g/mol. The Labute approximate surface area is 184 Å². The molecule has 0 saturated carbocycles. The summed E-state index contributed by atoms with van der Waals surface area (Å²) in [6.07, 6.45) is 0. The molecule has 0 N–H and O–H groups in total. The molecule has 0 unspecified atom stereocenters. The maximum absolute atomic E-state index is 12.3. The minimum Gasteiger partial charge on any atom is -0.489 e. The number of benzene rings is 3. The van der Waals surface area contributed by atoms with Gasteiger partial charge < -0.3 is 9.47 Å². The van der Waals surface area contributed by atoms with E-state index in [9.17, 15) is 4.79 Å². The van der Waals surface area contributed by atoms with Crippen molar-refractivity contribution in [3.8, 4) is 29.0 Å². The quantitative estimate of drug-likeness (QED) is 0.464. The first kappa shape index (κ1) is 20.9. The predicted octanol–water partition coefficient (Wildman–Crippen LogP) is 3.83. The van der Waals surface area contributed by atoms with Gasteiger partial charge in [-0.15, -0.1) is 0 Å². The Hall–Kier alpha value is -4.38. The fourth-order valence-electron chi connectivity index (χ4n) is 3.27. The highest BCUT2D eigenvalue weighted by Gasteiger charge is 2.14. The van der Waals surface area contributed by atoms with E-state index in [0.717, 1.165) is 16.7 Å². The van der Waals surface area contributed by atoms with Crippen LogP contribution >= 0.6 is 0 Å². The Kier molecular flexibility index (Phi) is 5.73. The summed E-state index contributed by atoms with van der Waals surface area (Å²) >= 11 is 0. The molecule has 160 valence electrons. The van der Waals surface area contributed by atoms with Crippen LogP contribution in [0.2, 0.25) is 0 Å². The van der Waals surface area contributed by atoms with Gasteiger partial charge >= 0.3 is 5.69 Å². The van der Waals surface area contributed by atoms with E-state index >= 15 is 0 Å². The molecule has 0 fully saturated rings. The first-order chi connectivity index (χ1) is 15.5. The minimum absolute atomic E-state index is 0.266. The highest BCUT2D eigenvalue weighted by molar-refractivity contribution is 5.46. The Morgan fingerprint density at radius 2 is 1.72 bits per heavy atom. The van der Waals surface area contributed by atoms with Crippen molar-refractivity contribution in [2.45, 2.75) is 20.5 Å². The molecule has 0 bridgehead atoms.